The molecule has 4 aliphatic carbocycles. The summed E-state index contributed by atoms with van der Waals surface area (Å²) >= 11 is 1.74. The molecule has 30 rings (SSSR count). The molecule has 8 heterocycles. The van der Waals surface area contributed by atoms with Crippen molar-refractivity contribution in [3.63, 3.8) is 0 Å². The van der Waals surface area contributed by atoms with Gasteiger partial charge < -0.3 is 4.42 Å². The van der Waals surface area contributed by atoms with Crippen LogP contribution in [0.3, 0.4) is 0 Å². The van der Waals surface area contributed by atoms with E-state index in [1.807, 2.05) is 18.2 Å². The van der Waals surface area contributed by atoms with Crippen LogP contribution in [0.15, 0.2) is 387 Å². The second-order valence-corrected chi connectivity index (χ2v) is 40.6. The molecule has 0 bridgehead atoms. The lowest BCUT2D eigenvalue weighted by Crippen LogP contribution is -2.18. The van der Waals surface area contributed by atoms with Crippen LogP contribution in [0.5, 0.6) is 0 Å². The molecule has 26 aromatic rings. The lowest BCUT2D eigenvalue weighted by atomic mass is 9.82. The van der Waals surface area contributed by atoms with Crippen molar-refractivity contribution in [1.82, 2.24) is 43.6 Å². The molecule has 0 radical (unpaired) electrons. The zero-order valence-corrected chi connectivity index (χ0v) is 77.5. The number of aromatic nitrogens is 9. The number of hydrogen-bond donors (Lipinski definition) is 0. The fraction of sp³-hybridized carbons (Fsp3) is 0.0952. The molecule has 0 spiro atoms. The third-order valence-electron chi connectivity index (χ3n) is 30.6. The molecule has 18 aromatic carbocycles. The summed E-state index contributed by atoms with van der Waals surface area (Å²) in [7, 11) is 0. The fourth-order valence-electron chi connectivity index (χ4n) is 23.8. The number of nitrogens with zero attached hydrogens (tertiary/aromatic N) is 9. The Hall–Kier alpha value is -16.6. The SMILES string of the molecule is CC1(C)c2ccccc2-c2cc(-c3nc(-n4c5ccccc5c5cc6ccccc6cc54)c4c(n3)C(C)(C)c3ccccc3-4)ccc21.CC1(C)c2ccccc2-c2cc(-c3nc(-n4c5ccccc5c5cc6ccccc6cc54)c4c(n3)oc3ccccc34)ccc21.CC1(C)c2ccccc2-c2cc(-c3nc(-n4c5ccccc5c5cc6ccccc6cc54)c4c(n3)sc3ccccc34)ccc21. The Balaban J connectivity index is 0.000000102. The zero-order valence-electron chi connectivity index (χ0n) is 76.7. The molecule has 648 valence electrons. The number of furan rings is 1. The number of hydrogen-bond acceptors (Lipinski definition) is 8. The van der Waals surface area contributed by atoms with Crippen molar-refractivity contribution in [1.29, 1.82) is 0 Å². The van der Waals surface area contributed by atoms with Gasteiger partial charge in [0.05, 0.1) is 49.6 Å². The molecule has 0 atom stereocenters. The molecule has 0 amide bonds. The Morgan fingerprint density at radius 1 is 0.234 bits per heavy atom. The Morgan fingerprint density at radius 3 is 1.01 bits per heavy atom. The van der Waals surface area contributed by atoms with Gasteiger partial charge in [-0.15, -0.1) is 11.3 Å². The van der Waals surface area contributed by atoms with Crippen molar-refractivity contribution >= 4 is 151 Å². The molecular weight excluding hydrogens is 1690 g/mol. The summed E-state index contributed by atoms with van der Waals surface area (Å²) in [4.78, 5) is 33.3. The first-order chi connectivity index (χ1) is 66.9. The second kappa shape index (κ2) is 29.0. The summed E-state index contributed by atoms with van der Waals surface area (Å²) in [6, 6.07) is 138. The standard InChI is InChI=1S/C44H33N3.C41H27N3O.C41H27N3S/c1-43(2)34-18-10-7-15-29(34)32-24-28(21-22-36(32)43)41-45-40-39(31-17-8-11-19-35(31)44(40,3)4)42(46-41)47-37-20-12-9-16-30(37)33-23-26-13-5-6-14-27(26)25-38(33)47;2*1-41(2)32-16-8-5-13-27(32)30-22-26(19-20-33(30)41)38-42-39(37-29-15-7-10-18-36(29)45-40(37)43-38)44-34-17-9-6-14-28(34)31-21-24-11-3-4-12-25(24)23-35(31)44/h5-25H,1-4H3;2*3-23H,1-2H3. The molecule has 0 aliphatic heterocycles. The van der Waals surface area contributed by atoms with Gasteiger partial charge in [0.15, 0.2) is 29.1 Å². The molecule has 11 heteroatoms. The van der Waals surface area contributed by atoms with E-state index in [-0.39, 0.29) is 21.7 Å². The Bertz CT molecular complexity index is 9420. The number of rotatable bonds is 6. The predicted molar refractivity (Wildman–Crippen MR) is 568 cm³/mol. The van der Waals surface area contributed by atoms with Gasteiger partial charge in [-0.05, 0) is 195 Å². The number of fused-ring (bicyclic) bond motifs is 30. The van der Waals surface area contributed by atoms with Crippen molar-refractivity contribution in [2.45, 2.75) is 77.0 Å². The van der Waals surface area contributed by atoms with Crippen LogP contribution in [-0.4, -0.2) is 43.6 Å². The van der Waals surface area contributed by atoms with Crippen LogP contribution in [0.2, 0.25) is 0 Å². The average molecular weight is 1780 g/mol. The molecule has 0 saturated heterocycles. The van der Waals surface area contributed by atoms with E-state index in [1.165, 1.54) is 153 Å². The van der Waals surface area contributed by atoms with E-state index < -0.39 is 0 Å². The lowest BCUT2D eigenvalue weighted by molar-refractivity contribution is 0.635. The lowest BCUT2D eigenvalue weighted by Gasteiger charge is -2.22. The third kappa shape index (κ3) is 11.5. The van der Waals surface area contributed by atoms with Gasteiger partial charge in [0, 0.05) is 91.7 Å². The van der Waals surface area contributed by atoms with E-state index in [4.69, 9.17) is 34.3 Å². The van der Waals surface area contributed by atoms with E-state index >= 15 is 0 Å². The molecule has 10 nitrogen and oxygen atoms in total. The van der Waals surface area contributed by atoms with Crippen LogP contribution in [0.25, 0.3) is 236 Å². The predicted octanol–water partition coefficient (Wildman–Crippen LogP) is 32.7. The van der Waals surface area contributed by atoms with Gasteiger partial charge in [-0.3, -0.25) is 13.7 Å². The third-order valence-corrected chi connectivity index (χ3v) is 31.6. The van der Waals surface area contributed by atoms with E-state index in [9.17, 15) is 0 Å². The van der Waals surface area contributed by atoms with Crippen LogP contribution in [-0.2, 0) is 21.7 Å². The second-order valence-electron chi connectivity index (χ2n) is 39.6. The van der Waals surface area contributed by atoms with Crippen LogP contribution in [0, 0.1) is 0 Å². The van der Waals surface area contributed by atoms with E-state index in [0.29, 0.717) is 11.5 Å². The van der Waals surface area contributed by atoms with Crippen molar-refractivity contribution < 1.29 is 4.42 Å². The molecule has 8 aromatic heterocycles. The Kier molecular flexibility index (Phi) is 16.7. The summed E-state index contributed by atoms with van der Waals surface area (Å²) < 4.78 is 14.8. The van der Waals surface area contributed by atoms with Crippen LogP contribution in [0.1, 0.15) is 100 Å². The highest BCUT2D eigenvalue weighted by atomic mass is 32.1. The molecule has 137 heavy (non-hydrogen) atoms. The number of benzene rings is 18. The van der Waals surface area contributed by atoms with Gasteiger partial charge in [-0.25, -0.2) is 24.9 Å². The van der Waals surface area contributed by atoms with Crippen LogP contribution in [0.4, 0.5) is 0 Å². The fourth-order valence-corrected chi connectivity index (χ4v) is 24.9. The minimum atomic E-state index is -0.283. The average Bonchev–Trinajstić information content (AvgIpc) is 1.55. The summed E-state index contributed by atoms with van der Waals surface area (Å²) in [6.07, 6.45) is 0. The van der Waals surface area contributed by atoms with Gasteiger partial charge in [-0.1, -0.05) is 353 Å². The van der Waals surface area contributed by atoms with E-state index in [0.717, 1.165) is 117 Å². The molecule has 4 aliphatic rings. The highest BCUT2D eigenvalue weighted by molar-refractivity contribution is 7.25. The summed E-state index contributed by atoms with van der Waals surface area (Å²) in [6.45, 7) is 18.5. The van der Waals surface area contributed by atoms with Gasteiger partial charge in [0.1, 0.15) is 16.2 Å². The monoisotopic (exact) mass is 1770 g/mol. The summed E-state index contributed by atoms with van der Waals surface area (Å²) in [5.41, 5.74) is 31.3. The largest absolute Gasteiger partial charge is 0.437 e. The van der Waals surface area contributed by atoms with Crippen LogP contribution >= 0.6 is 11.3 Å². The quantitative estimate of drug-likeness (QED) is 0.163. The summed E-state index contributed by atoms with van der Waals surface area (Å²) in [5, 5.41) is 18.8. The van der Waals surface area contributed by atoms with Crippen molar-refractivity contribution in [2.24, 2.45) is 0 Å². The maximum absolute atomic E-state index is 6.47. The van der Waals surface area contributed by atoms with Gasteiger partial charge >= 0.3 is 0 Å². The van der Waals surface area contributed by atoms with Gasteiger partial charge in [-0.2, -0.15) is 4.98 Å². The van der Waals surface area contributed by atoms with Crippen molar-refractivity contribution in [3.8, 4) is 96.1 Å². The smallest absolute Gasteiger partial charge is 0.233 e. The first-order valence-corrected chi connectivity index (χ1v) is 48.2. The molecule has 0 N–H and O–H groups in total. The zero-order chi connectivity index (χ0) is 91.4. The maximum Gasteiger partial charge on any atom is 0.233 e. The number of thiophene rings is 1. The molecular formula is C126H87N9OS. The highest BCUT2D eigenvalue weighted by Crippen LogP contribution is 2.57. The van der Waals surface area contributed by atoms with E-state index in [2.05, 4.69) is 433 Å². The van der Waals surface area contributed by atoms with Crippen molar-refractivity contribution in [3.05, 3.63) is 427 Å². The maximum atomic E-state index is 6.47. The van der Waals surface area contributed by atoms with Crippen LogP contribution < -0.4 is 0 Å². The van der Waals surface area contributed by atoms with Gasteiger partial charge in [0.2, 0.25) is 5.71 Å². The minimum absolute atomic E-state index is 0.0440. The van der Waals surface area contributed by atoms with Gasteiger partial charge in [0.25, 0.3) is 0 Å². The van der Waals surface area contributed by atoms with E-state index in [1.54, 1.807) is 11.3 Å². The molecule has 0 fully saturated rings. The number of para-hydroxylation sites is 4. The molecule has 0 unspecified atom stereocenters. The first-order valence-electron chi connectivity index (χ1n) is 47.4. The van der Waals surface area contributed by atoms with Crippen molar-refractivity contribution in [2.75, 3.05) is 0 Å². The normalized spacial score (nSPS) is 14.2. The summed E-state index contributed by atoms with van der Waals surface area (Å²) in [5.74, 6) is 4.84. The first kappa shape index (κ1) is 79.0. The topological polar surface area (TPSA) is 105 Å². The highest BCUT2D eigenvalue weighted by Gasteiger charge is 2.43. The molecule has 0 saturated carbocycles. The minimum Gasteiger partial charge on any atom is -0.437 e. The Morgan fingerprint density at radius 2 is 0.562 bits per heavy atom. The Labute approximate surface area is 793 Å².